The van der Waals surface area contributed by atoms with Crippen molar-refractivity contribution < 1.29 is 26.4 Å². The van der Waals surface area contributed by atoms with Crippen LogP contribution in [-0.2, 0) is 29.5 Å². The molecule has 0 saturated carbocycles. The maximum atomic E-state index is 13.2. The number of ketones is 1. The van der Waals surface area contributed by atoms with E-state index in [1.165, 1.54) is 31.3 Å². The first-order chi connectivity index (χ1) is 15.1. The summed E-state index contributed by atoms with van der Waals surface area (Å²) in [5, 5.41) is 3.25. The minimum absolute atomic E-state index is 0.0949. The normalized spacial score (nSPS) is 12.4. The number of pyridine rings is 1. The zero-order valence-electron chi connectivity index (χ0n) is 16.7. The van der Waals surface area contributed by atoms with Crippen LogP contribution >= 0.6 is 0 Å². The Morgan fingerprint density at radius 1 is 1.06 bits per heavy atom. The second-order valence-electron chi connectivity index (χ2n) is 7.19. The summed E-state index contributed by atoms with van der Waals surface area (Å²) >= 11 is 0. The Morgan fingerprint density at radius 2 is 1.78 bits per heavy atom. The Balaban J connectivity index is 1.50. The molecule has 0 spiro atoms. The minimum Gasteiger partial charge on any atom is -0.306 e. The predicted octanol–water partition coefficient (Wildman–Crippen LogP) is 3.73. The number of aromatic nitrogens is 4. The second-order valence-corrected chi connectivity index (χ2v) is 9.11. The van der Waals surface area contributed by atoms with Gasteiger partial charge < -0.3 is 4.40 Å². The number of hydrogen-bond donors (Lipinski definition) is 0. The van der Waals surface area contributed by atoms with Crippen molar-refractivity contribution in [1.29, 1.82) is 0 Å². The van der Waals surface area contributed by atoms with Crippen LogP contribution in [0.15, 0.2) is 71.0 Å². The van der Waals surface area contributed by atoms with Gasteiger partial charge >= 0.3 is 6.18 Å². The van der Waals surface area contributed by atoms with Crippen LogP contribution in [0.3, 0.4) is 0 Å². The number of Topliss-reactive ketones (excluding diaryl/α,β-unsaturated/α-hetero) is 1. The molecule has 0 radical (unpaired) electrons. The van der Waals surface area contributed by atoms with Crippen LogP contribution in [0.5, 0.6) is 0 Å². The first-order valence-corrected chi connectivity index (χ1v) is 10.9. The van der Waals surface area contributed by atoms with E-state index in [2.05, 4.69) is 10.1 Å². The summed E-state index contributed by atoms with van der Waals surface area (Å²) in [5.41, 5.74) is 0.472. The fourth-order valence-electron chi connectivity index (χ4n) is 3.31. The average Bonchev–Trinajstić information content (AvgIpc) is 3.38. The maximum absolute atomic E-state index is 13.2. The van der Waals surface area contributed by atoms with E-state index < -0.39 is 26.6 Å². The molecular weight excluding hydrogens is 445 g/mol. The van der Waals surface area contributed by atoms with E-state index in [1.807, 2.05) is 0 Å². The fraction of sp³-hybridized carbons (Fsp3) is 0.190. The maximum Gasteiger partial charge on any atom is 0.436 e. The molecule has 0 aliphatic rings. The predicted molar refractivity (Wildman–Crippen MR) is 108 cm³/mol. The van der Waals surface area contributed by atoms with Gasteiger partial charge in [-0.05, 0) is 36.2 Å². The highest BCUT2D eigenvalue weighted by Crippen LogP contribution is 2.35. The van der Waals surface area contributed by atoms with E-state index in [1.54, 1.807) is 35.1 Å². The molecule has 0 N–H and O–H groups in total. The number of fused-ring (bicyclic) bond motifs is 1. The summed E-state index contributed by atoms with van der Waals surface area (Å²) in [7, 11) is -3.20. The number of aryl methyl sites for hydroxylation is 2. The van der Waals surface area contributed by atoms with E-state index >= 15 is 0 Å². The lowest BCUT2D eigenvalue weighted by atomic mass is 10.0. The molecule has 0 unspecified atom stereocenters. The summed E-state index contributed by atoms with van der Waals surface area (Å²) in [4.78, 5) is 15.4. The highest BCUT2D eigenvalue weighted by Gasteiger charge is 2.41. The number of sulfone groups is 1. The number of hydrogen-bond acceptors (Lipinski definition) is 5. The fourth-order valence-corrected chi connectivity index (χ4v) is 4.76. The molecule has 7 nitrogen and oxygen atoms in total. The van der Waals surface area contributed by atoms with Crippen molar-refractivity contribution in [1.82, 2.24) is 19.2 Å². The Hall–Kier alpha value is -3.47. The smallest absolute Gasteiger partial charge is 0.306 e. The Kier molecular flexibility index (Phi) is 5.37. The number of halogens is 3. The molecule has 0 aliphatic carbocycles. The molecule has 3 heterocycles. The van der Waals surface area contributed by atoms with Crippen LogP contribution < -0.4 is 0 Å². The van der Waals surface area contributed by atoms with Gasteiger partial charge in [-0.3, -0.25) is 9.48 Å². The molecule has 4 rings (SSSR count). The number of nitrogens with zero attached hydrogens (tertiary/aromatic N) is 4. The minimum atomic E-state index is -4.90. The number of benzene rings is 1. The molecule has 32 heavy (non-hydrogen) atoms. The van der Waals surface area contributed by atoms with Crippen molar-refractivity contribution in [3.05, 3.63) is 78.0 Å². The van der Waals surface area contributed by atoms with Crippen molar-refractivity contribution in [2.24, 2.45) is 7.05 Å². The van der Waals surface area contributed by atoms with Crippen molar-refractivity contribution in [3.8, 4) is 0 Å². The van der Waals surface area contributed by atoms with Crippen LogP contribution in [0.25, 0.3) is 5.65 Å². The first-order valence-electron chi connectivity index (χ1n) is 9.46. The zero-order valence-corrected chi connectivity index (χ0v) is 17.6. The summed E-state index contributed by atoms with van der Waals surface area (Å²) in [6, 6.07) is 8.87. The van der Waals surface area contributed by atoms with E-state index in [0.717, 1.165) is 16.5 Å². The highest BCUT2D eigenvalue weighted by molar-refractivity contribution is 7.91. The van der Waals surface area contributed by atoms with Gasteiger partial charge in [-0.1, -0.05) is 12.1 Å². The van der Waals surface area contributed by atoms with E-state index in [4.69, 9.17) is 0 Å². The molecule has 3 aromatic heterocycles. The van der Waals surface area contributed by atoms with Gasteiger partial charge in [-0.2, -0.15) is 18.3 Å². The van der Waals surface area contributed by atoms with Crippen LogP contribution in [0.2, 0.25) is 0 Å². The highest BCUT2D eigenvalue weighted by atomic mass is 32.2. The largest absolute Gasteiger partial charge is 0.436 e. The number of rotatable bonds is 6. The Labute approximate surface area is 181 Å². The molecule has 166 valence electrons. The van der Waals surface area contributed by atoms with Gasteiger partial charge in [0.05, 0.1) is 4.90 Å². The van der Waals surface area contributed by atoms with E-state index in [-0.39, 0.29) is 17.1 Å². The van der Waals surface area contributed by atoms with Crippen LogP contribution in [0.4, 0.5) is 13.2 Å². The molecule has 0 atom stereocenters. The van der Waals surface area contributed by atoms with Crippen LogP contribution in [-0.4, -0.2) is 33.4 Å². The zero-order chi connectivity index (χ0) is 23.1. The number of imidazole rings is 1. The van der Waals surface area contributed by atoms with Crippen LogP contribution in [0, 0.1) is 0 Å². The SMILES string of the molecule is Cn1cc(S(=O)(=O)c2ccc(CCC(=O)c3ccc4nccn4c3)cc2)c(C(F)(F)F)n1. The van der Waals surface area contributed by atoms with E-state index in [9.17, 15) is 26.4 Å². The molecule has 0 aliphatic heterocycles. The molecule has 0 saturated heterocycles. The van der Waals surface area contributed by atoms with Gasteiger partial charge in [-0.15, -0.1) is 0 Å². The third kappa shape index (κ3) is 4.15. The van der Waals surface area contributed by atoms with Gasteiger partial charge in [0.1, 0.15) is 10.5 Å². The van der Waals surface area contributed by atoms with Gasteiger partial charge in [0, 0.05) is 43.8 Å². The molecule has 0 bridgehead atoms. The molecule has 11 heteroatoms. The van der Waals surface area contributed by atoms with Gasteiger partial charge in [0.2, 0.25) is 9.84 Å². The third-order valence-electron chi connectivity index (χ3n) is 4.94. The van der Waals surface area contributed by atoms with Crippen molar-refractivity contribution in [3.63, 3.8) is 0 Å². The lowest BCUT2D eigenvalue weighted by molar-refractivity contribution is -0.143. The van der Waals surface area contributed by atoms with Crippen molar-refractivity contribution >= 4 is 21.3 Å². The monoisotopic (exact) mass is 462 g/mol. The van der Waals surface area contributed by atoms with Gasteiger partial charge in [0.15, 0.2) is 11.5 Å². The number of carbonyl (C=O) groups is 1. The molecule has 4 aromatic rings. The summed E-state index contributed by atoms with van der Waals surface area (Å²) in [6.45, 7) is 0. The standard InChI is InChI=1S/C21H17F3N4O3S/c1-27-13-18(20(26-27)21(22,23)24)32(30,31)16-6-2-14(3-7-16)4-8-17(29)15-5-9-19-25-10-11-28(19)12-15/h2-3,5-7,9-13H,4,8H2,1H3. The summed E-state index contributed by atoms with van der Waals surface area (Å²) in [6.07, 6.45) is 1.52. The van der Waals surface area contributed by atoms with Gasteiger partial charge in [-0.25, -0.2) is 13.4 Å². The lowest BCUT2D eigenvalue weighted by Gasteiger charge is -2.08. The van der Waals surface area contributed by atoms with E-state index in [0.29, 0.717) is 17.5 Å². The topological polar surface area (TPSA) is 86.3 Å². The molecular formula is C21H17F3N4O3S. The molecule has 1 aromatic carbocycles. The number of carbonyl (C=O) groups excluding carboxylic acids is 1. The third-order valence-corrected chi connectivity index (χ3v) is 6.71. The van der Waals surface area contributed by atoms with Crippen molar-refractivity contribution in [2.75, 3.05) is 0 Å². The van der Waals surface area contributed by atoms with Gasteiger partial charge in [0.25, 0.3) is 0 Å². The summed E-state index contributed by atoms with van der Waals surface area (Å²) in [5.74, 6) is -0.0949. The van der Waals surface area contributed by atoms with Crippen molar-refractivity contribution in [2.45, 2.75) is 28.8 Å². The van der Waals surface area contributed by atoms with Crippen LogP contribution in [0.1, 0.15) is 28.0 Å². The Bertz CT molecular complexity index is 1400. The number of alkyl halides is 3. The lowest BCUT2D eigenvalue weighted by Crippen LogP contribution is -2.13. The summed E-state index contributed by atoms with van der Waals surface area (Å²) < 4.78 is 67.6. The molecule has 0 fully saturated rings. The Morgan fingerprint density at radius 3 is 2.47 bits per heavy atom. The quantitative estimate of drug-likeness (QED) is 0.408. The first kappa shape index (κ1) is 21.8. The molecule has 0 amide bonds. The second kappa shape index (κ2) is 7.90. The average molecular weight is 462 g/mol.